The Morgan fingerprint density at radius 2 is 1.70 bits per heavy atom. The van der Waals surface area contributed by atoms with E-state index in [1.807, 2.05) is 20.8 Å². The van der Waals surface area contributed by atoms with Crippen molar-refractivity contribution in [3.8, 4) is 5.75 Å². The van der Waals surface area contributed by atoms with Crippen LogP contribution in [0.25, 0.3) is 0 Å². The summed E-state index contributed by atoms with van der Waals surface area (Å²) < 4.78 is 11.1. The molecule has 2 rings (SSSR count). The van der Waals surface area contributed by atoms with E-state index in [1.165, 1.54) is 0 Å². The van der Waals surface area contributed by atoms with E-state index in [-0.39, 0.29) is 12.0 Å². The minimum absolute atomic E-state index is 0.146. The third kappa shape index (κ3) is 6.47. The van der Waals surface area contributed by atoms with Crippen molar-refractivity contribution in [3.63, 3.8) is 0 Å². The van der Waals surface area contributed by atoms with Crippen molar-refractivity contribution >= 4 is 35.2 Å². The maximum absolute atomic E-state index is 12.7. The Kier molecular flexibility index (Phi) is 7.23. The minimum atomic E-state index is -0.697. The summed E-state index contributed by atoms with van der Waals surface area (Å²) in [6, 6.07) is 4.87. The van der Waals surface area contributed by atoms with Crippen LogP contribution >= 0.6 is 23.2 Å². The lowest BCUT2D eigenvalue weighted by Crippen LogP contribution is -2.43. The Morgan fingerprint density at radius 3 is 2.33 bits per heavy atom. The molecule has 1 aliphatic rings. The average molecular weight is 417 g/mol. The highest BCUT2D eigenvalue weighted by Gasteiger charge is 2.28. The molecule has 1 atom stereocenters. The van der Waals surface area contributed by atoms with E-state index in [0.717, 1.165) is 0 Å². The lowest BCUT2D eigenvalue weighted by atomic mass is 10.2. The number of carbonyl (C=O) groups is 2. The fourth-order valence-corrected chi connectivity index (χ4v) is 3.17. The summed E-state index contributed by atoms with van der Waals surface area (Å²) in [5.74, 6) is 0.263. The number of rotatable bonds is 3. The lowest BCUT2D eigenvalue weighted by molar-refractivity contribution is -0.137. The van der Waals surface area contributed by atoms with Crippen molar-refractivity contribution in [2.24, 2.45) is 0 Å². The summed E-state index contributed by atoms with van der Waals surface area (Å²) in [7, 11) is 0. The van der Waals surface area contributed by atoms with Gasteiger partial charge in [-0.15, -0.1) is 0 Å². The fourth-order valence-electron chi connectivity index (χ4n) is 2.72. The maximum atomic E-state index is 12.7. The van der Waals surface area contributed by atoms with Gasteiger partial charge in [0.1, 0.15) is 11.4 Å². The van der Waals surface area contributed by atoms with E-state index < -0.39 is 11.7 Å². The summed E-state index contributed by atoms with van der Waals surface area (Å²) >= 11 is 12.0. The van der Waals surface area contributed by atoms with Crippen LogP contribution < -0.4 is 4.74 Å². The molecule has 1 unspecified atom stereocenters. The van der Waals surface area contributed by atoms with Crippen LogP contribution in [-0.4, -0.2) is 59.7 Å². The first-order valence-electron chi connectivity index (χ1n) is 8.95. The third-order valence-corrected chi connectivity index (χ3v) is 4.54. The van der Waals surface area contributed by atoms with Gasteiger partial charge in [-0.25, -0.2) is 4.79 Å². The highest BCUT2D eigenvalue weighted by atomic mass is 35.5. The van der Waals surface area contributed by atoms with Crippen molar-refractivity contribution in [1.29, 1.82) is 0 Å². The van der Waals surface area contributed by atoms with Crippen LogP contribution in [0.15, 0.2) is 18.2 Å². The van der Waals surface area contributed by atoms with Crippen molar-refractivity contribution in [2.75, 3.05) is 26.2 Å². The molecule has 2 amide bonds. The standard InChI is InChI=1S/C19H26Cl2N2O4/c1-13(26-16-7-6-14(20)12-15(16)21)17(24)22-8-5-9-23(11-10-22)18(25)27-19(2,3)4/h6-7,12-13H,5,8-11H2,1-4H3. The Hall–Kier alpha value is -1.66. The summed E-state index contributed by atoms with van der Waals surface area (Å²) in [5, 5.41) is 0.857. The third-order valence-electron chi connectivity index (χ3n) is 4.00. The molecule has 0 spiro atoms. The number of benzene rings is 1. The molecule has 27 heavy (non-hydrogen) atoms. The van der Waals surface area contributed by atoms with Gasteiger partial charge in [-0.3, -0.25) is 4.79 Å². The summed E-state index contributed by atoms with van der Waals surface area (Å²) in [6.07, 6.45) is -0.370. The number of hydrogen-bond acceptors (Lipinski definition) is 4. The molecule has 150 valence electrons. The smallest absolute Gasteiger partial charge is 0.410 e. The SMILES string of the molecule is CC(Oc1ccc(Cl)cc1Cl)C(=O)N1CCCN(C(=O)OC(C)(C)C)CC1. The molecule has 0 N–H and O–H groups in total. The zero-order valence-electron chi connectivity index (χ0n) is 16.1. The van der Waals surface area contributed by atoms with E-state index in [9.17, 15) is 9.59 Å². The molecule has 0 radical (unpaired) electrons. The molecule has 0 aromatic heterocycles. The zero-order chi connectivity index (χ0) is 20.2. The molecule has 1 saturated heterocycles. The second-order valence-electron chi connectivity index (χ2n) is 7.48. The fraction of sp³-hybridized carbons (Fsp3) is 0.579. The van der Waals surface area contributed by atoms with Crippen LogP contribution in [0.3, 0.4) is 0 Å². The van der Waals surface area contributed by atoms with Crippen LogP contribution in [0.1, 0.15) is 34.1 Å². The number of nitrogens with zero attached hydrogens (tertiary/aromatic N) is 2. The van der Waals surface area contributed by atoms with Gasteiger partial charge < -0.3 is 19.3 Å². The molecule has 8 heteroatoms. The van der Waals surface area contributed by atoms with E-state index in [2.05, 4.69) is 0 Å². The predicted molar refractivity (Wildman–Crippen MR) is 106 cm³/mol. The molecule has 0 aliphatic carbocycles. The number of hydrogen-bond donors (Lipinski definition) is 0. The highest BCUT2D eigenvalue weighted by molar-refractivity contribution is 6.35. The summed E-state index contributed by atoms with van der Waals surface area (Å²) in [5.41, 5.74) is -0.543. The van der Waals surface area contributed by atoms with Gasteiger partial charge in [0.05, 0.1) is 5.02 Å². The summed E-state index contributed by atoms with van der Waals surface area (Å²) in [4.78, 5) is 28.3. The van der Waals surface area contributed by atoms with Gasteiger partial charge in [-0.05, 0) is 52.3 Å². The number of halogens is 2. The van der Waals surface area contributed by atoms with Gasteiger partial charge in [-0.2, -0.15) is 0 Å². The molecule has 1 aromatic rings. The highest BCUT2D eigenvalue weighted by Crippen LogP contribution is 2.28. The Labute approximate surface area is 170 Å². The average Bonchev–Trinajstić information content (AvgIpc) is 2.81. The quantitative estimate of drug-likeness (QED) is 0.739. The van der Waals surface area contributed by atoms with Crippen LogP contribution in [0.5, 0.6) is 5.75 Å². The van der Waals surface area contributed by atoms with Gasteiger partial charge in [0.15, 0.2) is 6.10 Å². The minimum Gasteiger partial charge on any atom is -0.479 e. The van der Waals surface area contributed by atoms with Crippen LogP contribution in [-0.2, 0) is 9.53 Å². The number of carbonyl (C=O) groups excluding carboxylic acids is 2. The van der Waals surface area contributed by atoms with Gasteiger partial charge in [-0.1, -0.05) is 23.2 Å². The second kappa shape index (κ2) is 9.02. The number of amides is 2. The lowest BCUT2D eigenvalue weighted by Gasteiger charge is -2.27. The Morgan fingerprint density at radius 1 is 1.07 bits per heavy atom. The normalized spacial score (nSPS) is 16.5. The monoisotopic (exact) mass is 416 g/mol. The molecular formula is C19H26Cl2N2O4. The molecule has 0 bridgehead atoms. The van der Waals surface area contributed by atoms with Gasteiger partial charge in [0.25, 0.3) is 5.91 Å². The summed E-state index contributed by atoms with van der Waals surface area (Å²) in [6.45, 7) is 9.15. The van der Waals surface area contributed by atoms with Crippen molar-refractivity contribution in [1.82, 2.24) is 9.80 Å². The van der Waals surface area contributed by atoms with E-state index in [0.29, 0.717) is 48.4 Å². The van der Waals surface area contributed by atoms with E-state index >= 15 is 0 Å². The van der Waals surface area contributed by atoms with Crippen LogP contribution in [0, 0.1) is 0 Å². The first kappa shape index (κ1) is 21.6. The largest absolute Gasteiger partial charge is 0.479 e. The zero-order valence-corrected chi connectivity index (χ0v) is 17.6. The molecule has 1 fully saturated rings. The van der Waals surface area contributed by atoms with Gasteiger partial charge in [0, 0.05) is 31.2 Å². The Balaban J connectivity index is 1.94. The molecule has 6 nitrogen and oxygen atoms in total. The van der Waals surface area contributed by atoms with Gasteiger partial charge >= 0.3 is 6.09 Å². The first-order chi connectivity index (χ1) is 12.6. The van der Waals surface area contributed by atoms with Crippen LogP contribution in [0.4, 0.5) is 4.79 Å². The Bertz CT molecular complexity index is 691. The molecule has 1 aromatic carbocycles. The van der Waals surface area contributed by atoms with Crippen molar-refractivity contribution in [3.05, 3.63) is 28.2 Å². The first-order valence-corrected chi connectivity index (χ1v) is 9.71. The molecule has 1 aliphatic heterocycles. The molecule has 1 heterocycles. The van der Waals surface area contributed by atoms with Crippen LogP contribution in [0.2, 0.25) is 10.0 Å². The topological polar surface area (TPSA) is 59.1 Å². The second-order valence-corrected chi connectivity index (χ2v) is 8.32. The maximum Gasteiger partial charge on any atom is 0.410 e. The molecular weight excluding hydrogens is 391 g/mol. The van der Waals surface area contributed by atoms with Crippen molar-refractivity contribution < 1.29 is 19.1 Å². The molecule has 0 saturated carbocycles. The number of ether oxygens (including phenoxy) is 2. The van der Waals surface area contributed by atoms with Gasteiger partial charge in [0.2, 0.25) is 0 Å². The van der Waals surface area contributed by atoms with E-state index in [1.54, 1.807) is 34.9 Å². The van der Waals surface area contributed by atoms with Crippen molar-refractivity contribution in [2.45, 2.75) is 45.8 Å². The van der Waals surface area contributed by atoms with E-state index in [4.69, 9.17) is 32.7 Å². The predicted octanol–water partition coefficient (Wildman–Crippen LogP) is 4.23.